The molecule has 0 saturated carbocycles. The standard InChI is InChI=1S/C30H31N5O2S/c36-27-6-2-1-5-24(27)26-18-25(23-4-3-13-32-19-23)33-35(26)30(37)29-12-11-28(38-29)22-9-7-21(8-10-22)20-34-16-14-31-15-17-34/h1-13,19,25-26,31,33,36H,14-18,20H2. The van der Waals surface area contributed by atoms with E-state index in [9.17, 15) is 9.90 Å². The van der Waals surface area contributed by atoms with Crippen LogP contribution in [0.25, 0.3) is 10.4 Å². The Hall–Kier alpha value is -3.56. The lowest BCUT2D eigenvalue weighted by atomic mass is 9.97. The number of carbonyl (C=O) groups excluding carboxylic acids is 1. The first-order valence-corrected chi connectivity index (χ1v) is 13.9. The van der Waals surface area contributed by atoms with E-state index in [-0.39, 0.29) is 23.7 Å². The Morgan fingerprint density at radius 2 is 1.82 bits per heavy atom. The number of rotatable bonds is 6. The van der Waals surface area contributed by atoms with Crippen molar-refractivity contribution in [1.29, 1.82) is 0 Å². The van der Waals surface area contributed by atoms with Gasteiger partial charge in [-0.25, -0.2) is 5.43 Å². The Balaban J connectivity index is 1.22. The molecule has 0 radical (unpaired) electrons. The number of amides is 1. The summed E-state index contributed by atoms with van der Waals surface area (Å²) in [6, 6.07) is 23.4. The zero-order chi connectivity index (χ0) is 25.9. The number of pyridine rings is 1. The molecular formula is C30H31N5O2S. The van der Waals surface area contributed by atoms with Crippen molar-refractivity contribution in [2.45, 2.75) is 25.0 Å². The number of piperazine rings is 1. The summed E-state index contributed by atoms with van der Waals surface area (Å²) in [5.41, 5.74) is 7.56. The van der Waals surface area contributed by atoms with Crippen molar-refractivity contribution >= 4 is 17.2 Å². The summed E-state index contributed by atoms with van der Waals surface area (Å²) >= 11 is 1.50. The third kappa shape index (κ3) is 5.21. The van der Waals surface area contributed by atoms with E-state index in [2.05, 4.69) is 44.9 Å². The molecule has 0 spiro atoms. The highest BCUT2D eigenvalue weighted by Gasteiger charge is 2.38. The van der Waals surface area contributed by atoms with Gasteiger partial charge < -0.3 is 10.4 Å². The molecule has 4 aromatic rings. The topological polar surface area (TPSA) is 80.7 Å². The molecule has 7 nitrogen and oxygen atoms in total. The van der Waals surface area contributed by atoms with Crippen LogP contribution in [0, 0.1) is 0 Å². The highest BCUT2D eigenvalue weighted by molar-refractivity contribution is 7.17. The molecule has 2 aromatic heterocycles. The number of phenols is 1. The molecule has 194 valence electrons. The molecule has 2 unspecified atom stereocenters. The molecule has 0 aliphatic carbocycles. The quantitative estimate of drug-likeness (QED) is 0.337. The minimum atomic E-state index is -0.302. The number of nitrogens with one attached hydrogen (secondary N) is 2. The Morgan fingerprint density at radius 1 is 1.00 bits per heavy atom. The van der Waals surface area contributed by atoms with Gasteiger partial charge in [0, 0.05) is 55.6 Å². The molecule has 2 aromatic carbocycles. The number of nitrogens with zero attached hydrogens (tertiary/aromatic N) is 3. The first kappa shape index (κ1) is 24.8. The van der Waals surface area contributed by atoms with E-state index in [0.29, 0.717) is 11.3 Å². The van der Waals surface area contributed by atoms with Gasteiger partial charge in [-0.15, -0.1) is 11.3 Å². The van der Waals surface area contributed by atoms with E-state index in [4.69, 9.17) is 0 Å². The smallest absolute Gasteiger partial charge is 0.278 e. The van der Waals surface area contributed by atoms with Crippen LogP contribution in [0.2, 0.25) is 0 Å². The third-order valence-corrected chi connectivity index (χ3v) is 8.46. The molecule has 6 rings (SSSR count). The fourth-order valence-corrected chi connectivity index (χ4v) is 6.24. The van der Waals surface area contributed by atoms with Gasteiger partial charge in [-0.05, 0) is 47.4 Å². The zero-order valence-corrected chi connectivity index (χ0v) is 21.9. The number of hydrazine groups is 1. The van der Waals surface area contributed by atoms with Gasteiger partial charge in [0.25, 0.3) is 5.91 Å². The first-order chi connectivity index (χ1) is 18.7. The summed E-state index contributed by atoms with van der Waals surface area (Å²) in [4.78, 5) is 22.2. The SMILES string of the molecule is O=C(c1ccc(-c2ccc(CN3CCNCC3)cc2)s1)N1NC(c2cccnc2)CC1c1ccccc1O. The van der Waals surface area contributed by atoms with E-state index in [1.54, 1.807) is 23.3 Å². The molecule has 4 heterocycles. The van der Waals surface area contributed by atoms with Gasteiger partial charge in [0.15, 0.2) is 0 Å². The molecular weight excluding hydrogens is 494 g/mol. The van der Waals surface area contributed by atoms with Crippen LogP contribution in [-0.2, 0) is 6.54 Å². The van der Waals surface area contributed by atoms with Gasteiger partial charge in [-0.1, -0.05) is 48.5 Å². The summed E-state index contributed by atoms with van der Waals surface area (Å²) in [6.45, 7) is 5.20. The van der Waals surface area contributed by atoms with Crippen LogP contribution >= 0.6 is 11.3 Å². The number of hydrogen-bond acceptors (Lipinski definition) is 7. The van der Waals surface area contributed by atoms with Gasteiger partial charge in [-0.2, -0.15) is 0 Å². The molecule has 2 aliphatic rings. The number of benzene rings is 2. The highest BCUT2D eigenvalue weighted by atomic mass is 32.1. The molecule has 2 atom stereocenters. The lowest BCUT2D eigenvalue weighted by Gasteiger charge is -2.27. The molecule has 8 heteroatoms. The maximum absolute atomic E-state index is 13.8. The van der Waals surface area contributed by atoms with Crippen LogP contribution in [0.4, 0.5) is 0 Å². The number of aromatic nitrogens is 1. The van der Waals surface area contributed by atoms with Crippen LogP contribution in [0.15, 0.2) is 85.2 Å². The number of aromatic hydroxyl groups is 1. The second kappa shape index (κ2) is 11.0. The minimum absolute atomic E-state index is 0.0834. The number of thiophene rings is 1. The van der Waals surface area contributed by atoms with E-state index < -0.39 is 0 Å². The predicted molar refractivity (Wildman–Crippen MR) is 150 cm³/mol. The lowest BCUT2D eigenvalue weighted by Crippen LogP contribution is -2.42. The molecule has 2 aliphatic heterocycles. The maximum atomic E-state index is 13.8. The third-order valence-electron chi connectivity index (χ3n) is 7.34. The average Bonchev–Trinajstić information content (AvgIpc) is 3.63. The van der Waals surface area contributed by atoms with E-state index in [0.717, 1.165) is 54.3 Å². The molecule has 0 bridgehead atoms. The summed E-state index contributed by atoms with van der Waals surface area (Å²) in [7, 11) is 0. The van der Waals surface area contributed by atoms with Crippen molar-refractivity contribution < 1.29 is 9.90 Å². The Bertz CT molecular complexity index is 1390. The number of phenolic OH excluding ortho intramolecular Hbond substituents is 1. The highest BCUT2D eigenvalue weighted by Crippen LogP contribution is 2.41. The van der Waals surface area contributed by atoms with Crippen LogP contribution in [-0.4, -0.2) is 52.1 Å². The van der Waals surface area contributed by atoms with E-state index >= 15 is 0 Å². The van der Waals surface area contributed by atoms with Crippen molar-refractivity contribution in [1.82, 2.24) is 25.6 Å². The number of para-hydroxylation sites is 1. The van der Waals surface area contributed by atoms with Gasteiger partial charge in [-0.3, -0.25) is 19.7 Å². The monoisotopic (exact) mass is 525 g/mol. The Kier molecular flexibility index (Phi) is 7.20. The molecule has 2 fully saturated rings. The van der Waals surface area contributed by atoms with Crippen molar-refractivity contribution in [3.05, 3.63) is 107 Å². The van der Waals surface area contributed by atoms with E-state index in [1.807, 2.05) is 42.6 Å². The molecule has 1 amide bonds. The van der Waals surface area contributed by atoms with Gasteiger partial charge in [0.1, 0.15) is 5.75 Å². The fraction of sp³-hybridized carbons (Fsp3) is 0.267. The number of carbonyl (C=O) groups is 1. The van der Waals surface area contributed by atoms with Crippen molar-refractivity contribution in [3.8, 4) is 16.2 Å². The molecule has 2 saturated heterocycles. The van der Waals surface area contributed by atoms with Crippen LogP contribution in [0.3, 0.4) is 0 Å². The maximum Gasteiger partial charge on any atom is 0.278 e. The fourth-order valence-electron chi connectivity index (χ4n) is 5.30. The van der Waals surface area contributed by atoms with Crippen LogP contribution in [0.5, 0.6) is 5.75 Å². The first-order valence-electron chi connectivity index (χ1n) is 13.1. The zero-order valence-electron chi connectivity index (χ0n) is 21.1. The second-order valence-electron chi connectivity index (χ2n) is 9.84. The summed E-state index contributed by atoms with van der Waals surface area (Å²) < 4.78 is 0. The average molecular weight is 526 g/mol. The van der Waals surface area contributed by atoms with Crippen LogP contribution < -0.4 is 10.7 Å². The van der Waals surface area contributed by atoms with Gasteiger partial charge >= 0.3 is 0 Å². The summed E-state index contributed by atoms with van der Waals surface area (Å²) in [5.74, 6) is 0.0907. The van der Waals surface area contributed by atoms with Gasteiger partial charge in [0.2, 0.25) is 0 Å². The molecule has 38 heavy (non-hydrogen) atoms. The number of hydrogen-bond donors (Lipinski definition) is 3. The molecule has 3 N–H and O–H groups in total. The van der Waals surface area contributed by atoms with Crippen molar-refractivity contribution in [3.63, 3.8) is 0 Å². The minimum Gasteiger partial charge on any atom is -0.508 e. The van der Waals surface area contributed by atoms with Gasteiger partial charge in [0.05, 0.1) is 17.0 Å². The Labute approximate surface area is 226 Å². The van der Waals surface area contributed by atoms with E-state index in [1.165, 1.54) is 16.9 Å². The lowest BCUT2D eigenvalue weighted by molar-refractivity contribution is 0.0641. The normalized spacial score (nSPS) is 20.1. The van der Waals surface area contributed by atoms with Crippen LogP contribution in [0.1, 0.15) is 44.9 Å². The largest absolute Gasteiger partial charge is 0.508 e. The summed E-state index contributed by atoms with van der Waals surface area (Å²) in [6.07, 6.45) is 4.21. The summed E-state index contributed by atoms with van der Waals surface area (Å²) in [5, 5.41) is 15.7. The second-order valence-corrected chi connectivity index (χ2v) is 10.9. The van der Waals surface area contributed by atoms with Crippen molar-refractivity contribution in [2.24, 2.45) is 0 Å². The van der Waals surface area contributed by atoms with Crippen molar-refractivity contribution in [2.75, 3.05) is 26.2 Å². The Morgan fingerprint density at radius 3 is 2.58 bits per heavy atom. The predicted octanol–water partition coefficient (Wildman–Crippen LogP) is 4.75.